The van der Waals surface area contributed by atoms with E-state index >= 15 is 0 Å². The zero-order valence-electron chi connectivity index (χ0n) is 13.2. The smallest absolute Gasteiger partial charge is 0.260 e. The molecule has 1 fully saturated rings. The second kappa shape index (κ2) is 5.96. The average Bonchev–Trinajstić information content (AvgIpc) is 3.00. The van der Waals surface area contributed by atoms with Crippen LogP contribution in [-0.2, 0) is 4.74 Å². The maximum atomic E-state index is 12.1. The Morgan fingerprint density at radius 2 is 2.08 bits per heavy atom. The van der Waals surface area contributed by atoms with Crippen molar-refractivity contribution in [3.05, 3.63) is 45.3 Å². The normalized spacial score (nSPS) is 15.2. The number of rotatable bonds is 2. The van der Waals surface area contributed by atoms with Gasteiger partial charge in [-0.2, -0.15) is 0 Å². The van der Waals surface area contributed by atoms with Gasteiger partial charge in [-0.05, 0) is 30.7 Å². The predicted octanol–water partition coefficient (Wildman–Crippen LogP) is 2.72. The Hall–Kier alpha value is -2.31. The van der Waals surface area contributed by atoms with E-state index in [9.17, 15) is 4.79 Å². The predicted molar refractivity (Wildman–Crippen MR) is 94.9 cm³/mol. The molecule has 0 amide bonds. The summed E-state index contributed by atoms with van der Waals surface area (Å²) in [6.07, 6.45) is 1.53. The number of hydrogen-bond donors (Lipinski definition) is 2. The summed E-state index contributed by atoms with van der Waals surface area (Å²) in [5.74, 6) is 0.485. The second-order valence-corrected chi connectivity index (χ2v) is 6.28. The summed E-state index contributed by atoms with van der Waals surface area (Å²) in [5.41, 5.74) is 4.04. The van der Waals surface area contributed by atoms with Gasteiger partial charge < -0.3 is 19.6 Å². The molecule has 3 heterocycles. The fraction of sp³-hybridized carbons (Fsp3) is 0.294. The molecule has 6 nitrogen and oxygen atoms in total. The van der Waals surface area contributed by atoms with E-state index in [4.69, 9.17) is 16.3 Å². The largest absolute Gasteiger partial charge is 0.378 e. The molecule has 1 saturated heterocycles. The number of aryl methyl sites for hydroxylation is 1. The van der Waals surface area contributed by atoms with Crippen LogP contribution in [0.5, 0.6) is 0 Å². The molecule has 0 unspecified atom stereocenters. The average molecular weight is 345 g/mol. The van der Waals surface area contributed by atoms with E-state index in [1.54, 1.807) is 6.07 Å². The van der Waals surface area contributed by atoms with E-state index in [0.29, 0.717) is 16.4 Å². The highest BCUT2D eigenvalue weighted by atomic mass is 35.5. The number of halogens is 1. The summed E-state index contributed by atoms with van der Waals surface area (Å²) >= 11 is 6.18. The van der Waals surface area contributed by atoms with Gasteiger partial charge in [0.2, 0.25) is 0 Å². The van der Waals surface area contributed by atoms with E-state index in [2.05, 4.69) is 32.0 Å². The van der Waals surface area contributed by atoms with Gasteiger partial charge in [-0.25, -0.2) is 4.98 Å². The minimum Gasteiger partial charge on any atom is -0.378 e. The molecule has 124 valence electrons. The SMILES string of the molecule is Cc1cc(N2CCOCC2)cc2[nH]c(-c3c(Cl)cc[nH]c3=O)nc12. The van der Waals surface area contributed by atoms with Gasteiger partial charge in [0.15, 0.2) is 0 Å². The Bertz CT molecular complexity index is 957. The third-order valence-corrected chi connectivity index (χ3v) is 4.60. The lowest BCUT2D eigenvalue weighted by atomic mass is 10.1. The van der Waals surface area contributed by atoms with Crippen LogP contribution >= 0.6 is 11.6 Å². The number of pyridine rings is 1. The summed E-state index contributed by atoms with van der Waals surface area (Å²) in [6.45, 7) is 5.24. The first-order chi connectivity index (χ1) is 11.6. The Morgan fingerprint density at radius 3 is 2.83 bits per heavy atom. The van der Waals surface area contributed by atoms with Crippen molar-refractivity contribution in [3.8, 4) is 11.4 Å². The fourth-order valence-corrected chi connectivity index (χ4v) is 3.31. The third-order valence-electron chi connectivity index (χ3n) is 4.28. The van der Waals surface area contributed by atoms with E-state index in [-0.39, 0.29) is 5.56 Å². The molecule has 0 aliphatic carbocycles. The maximum Gasteiger partial charge on any atom is 0.260 e. The molecular weight excluding hydrogens is 328 g/mol. The van der Waals surface area contributed by atoms with Crippen LogP contribution in [-0.4, -0.2) is 41.3 Å². The molecule has 2 N–H and O–H groups in total. The van der Waals surface area contributed by atoms with Crippen molar-refractivity contribution in [2.24, 2.45) is 0 Å². The van der Waals surface area contributed by atoms with Gasteiger partial charge in [0.05, 0.1) is 29.3 Å². The number of H-pyrrole nitrogens is 2. The number of imidazole rings is 1. The highest BCUT2D eigenvalue weighted by molar-refractivity contribution is 6.33. The lowest BCUT2D eigenvalue weighted by molar-refractivity contribution is 0.122. The Kier molecular flexibility index (Phi) is 3.78. The van der Waals surface area contributed by atoms with Gasteiger partial charge in [0, 0.05) is 25.0 Å². The molecule has 2 aromatic heterocycles. The van der Waals surface area contributed by atoms with E-state index in [0.717, 1.165) is 48.6 Å². The summed E-state index contributed by atoms with van der Waals surface area (Å²) in [4.78, 5) is 24.9. The van der Waals surface area contributed by atoms with Crippen LogP contribution < -0.4 is 10.5 Å². The topological polar surface area (TPSA) is 74.0 Å². The summed E-state index contributed by atoms with van der Waals surface area (Å²) in [5, 5.41) is 0.379. The number of nitrogens with zero attached hydrogens (tertiary/aromatic N) is 2. The Morgan fingerprint density at radius 1 is 1.29 bits per heavy atom. The standard InChI is InChI=1S/C17H17ClN4O2/c1-10-8-11(22-4-6-24-7-5-22)9-13-15(10)21-16(20-13)14-12(18)2-3-19-17(14)23/h2-3,8-9H,4-7H2,1H3,(H,19,23)(H,20,21). The molecule has 0 saturated carbocycles. The number of aromatic nitrogens is 3. The van der Waals surface area contributed by atoms with Gasteiger partial charge in [-0.3, -0.25) is 4.79 Å². The lowest BCUT2D eigenvalue weighted by Gasteiger charge is -2.29. The van der Waals surface area contributed by atoms with Gasteiger partial charge in [0.25, 0.3) is 5.56 Å². The Balaban J connectivity index is 1.83. The minimum atomic E-state index is -0.257. The molecule has 0 radical (unpaired) electrons. The highest BCUT2D eigenvalue weighted by Crippen LogP contribution is 2.29. The number of fused-ring (bicyclic) bond motifs is 1. The van der Waals surface area contributed by atoms with Crippen molar-refractivity contribution >= 4 is 28.3 Å². The van der Waals surface area contributed by atoms with Crippen molar-refractivity contribution in [1.82, 2.24) is 15.0 Å². The number of aromatic amines is 2. The van der Waals surface area contributed by atoms with Gasteiger partial charge >= 0.3 is 0 Å². The van der Waals surface area contributed by atoms with E-state index in [1.165, 1.54) is 6.20 Å². The number of ether oxygens (including phenoxy) is 1. The molecular formula is C17H17ClN4O2. The number of anilines is 1. The number of morpholine rings is 1. The molecule has 3 aromatic rings. The minimum absolute atomic E-state index is 0.257. The van der Waals surface area contributed by atoms with Crippen LogP contribution in [0.25, 0.3) is 22.4 Å². The first-order valence-electron chi connectivity index (χ1n) is 7.84. The van der Waals surface area contributed by atoms with Gasteiger partial charge in [-0.15, -0.1) is 0 Å². The molecule has 1 aliphatic rings. The zero-order valence-corrected chi connectivity index (χ0v) is 14.0. The Labute approximate surface area is 143 Å². The summed E-state index contributed by atoms with van der Waals surface area (Å²) < 4.78 is 5.41. The molecule has 7 heteroatoms. The molecule has 24 heavy (non-hydrogen) atoms. The van der Waals surface area contributed by atoms with Crippen LogP contribution in [0.1, 0.15) is 5.56 Å². The van der Waals surface area contributed by atoms with Crippen LogP contribution in [0.2, 0.25) is 5.02 Å². The van der Waals surface area contributed by atoms with Crippen molar-refractivity contribution < 1.29 is 4.74 Å². The zero-order chi connectivity index (χ0) is 16.7. The first kappa shape index (κ1) is 15.2. The van der Waals surface area contributed by atoms with Crippen LogP contribution in [0.4, 0.5) is 5.69 Å². The van der Waals surface area contributed by atoms with E-state index in [1.807, 2.05) is 6.92 Å². The van der Waals surface area contributed by atoms with Crippen LogP contribution in [0, 0.1) is 6.92 Å². The lowest BCUT2D eigenvalue weighted by Crippen LogP contribution is -2.36. The monoisotopic (exact) mass is 344 g/mol. The fourth-order valence-electron chi connectivity index (χ4n) is 3.07. The summed E-state index contributed by atoms with van der Waals surface area (Å²) in [7, 11) is 0. The van der Waals surface area contributed by atoms with Gasteiger partial charge in [0.1, 0.15) is 11.4 Å². The molecule has 1 aromatic carbocycles. The maximum absolute atomic E-state index is 12.1. The highest BCUT2D eigenvalue weighted by Gasteiger charge is 2.17. The van der Waals surface area contributed by atoms with Crippen molar-refractivity contribution in [2.45, 2.75) is 6.92 Å². The van der Waals surface area contributed by atoms with Crippen molar-refractivity contribution in [3.63, 3.8) is 0 Å². The quantitative estimate of drug-likeness (QED) is 0.749. The third kappa shape index (κ3) is 2.57. The molecule has 0 bridgehead atoms. The number of hydrogen-bond acceptors (Lipinski definition) is 4. The molecule has 4 rings (SSSR count). The van der Waals surface area contributed by atoms with Crippen molar-refractivity contribution in [1.29, 1.82) is 0 Å². The second-order valence-electron chi connectivity index (χ2n) is 5.87. The number of nitrogens with one attached hydrogen (secondary N) is 2. The van der Waals surface area contributed by atoms with Crippen LogP contribution in [0.15, 0.2) is 29.2 Å². The molecule has 1 aliphatic heterocycles. The molecule has 0 atom stereocenters. The summed E-state index contributed by atoms with van der Waals surface area (Å²) in [6, 6.07) is 5.84. The van der Waals surface area contributed by atoms with Crippen LogP contribution in [0.3, 0.4) is 0 Å². The van der Waals surface area contributed by atoms with E-state index < -0.39 is 0 Å². The first-order valence-corrected chi connectivity index (χ1v) is 8.22. The molecule has 0 spiro atoms. The number of benzene rings is 1. The van der Waals surface area contributed by atoms with Crippen molar-refractivity contribution in [2.75, 3.05) is 31.2 Å². The van der Waals surface area contributed by atoms with Gasteiger partial charge in [-0.1, -0.05) is 11.6 Å².